The molecule has 50 heavy (non-hydrogen) atoms. The van der Waals surface area contributed by atoms with Gasteiger partial charge in [-0.05, 0) is 17.7 Å². The Kier molecular flexibility index (Phi) is 14.5. The van der Waals surface area contributed by atoms with E-state index in [4.69, 9.17) is 18.7 Å². The molecule has 0 spiro atoms. The van der Waals surface area contributed by atoms with Gasteiger partial charge in [-0.15, -0.1) is 0 Å². The molecule has 1 aliphatic heterocycles. The van der Waals surface area contributed by atoms with Crippen molar-refractivity contribution in [3.8, 4) is 16.9 Å². The molecule has 0 fully saturated rings. The van der Waals surface area contributed by atoms with Crippen molar-refractivity contribution < 1.29 is 85.3 Å². The maximum atomic E-state index is 14.4. The highest BCUT2D eigenvalue weighted by Crippen LogP contribution is 2.55. The van der Waals surface area contributed by atoms with E-state index in [0.29, 0.717) is 11.1 Å². The normalized spacial score (nSPS) is 14.5. The molecule has 0 amide bonds. The third-order valence-electron chi connectivity index (χ3n) is 6.52. The molecule has 0 saturated carbocycles. The van der Waals surface area contributed by atoms with Gasteiger partial charge in [0.05, 0.1) is 38.0 Å². The fourth-order valence-corrected chi connectivity index (χ4v) is 6.76. The molecule has 1 heterocycles. The summed E-state index contributed by atoms with van der Waals surface area (Å²) in [6.45, 7) is -2.86. The first-order valence-corrected chi connectivity index (χ1v) is 16.2. The Balaban J connectivity index is 1.60. The number of methoxy groups -OCH3 is 2. The monoisotopic (exact) mass is 722 g/mol. The Labute approximate surface area is 283 Å². The number of para-hydroxylation sites is 1. The molecule has 0 N–H and O–H groups in total. The van der Waals surface area contributed by atoms with Gasteiger partial charge < -0.3 is 42.4 Å². The zero-order valence-corrected chi connectivity index (χ0v) is 27.5. The summed E-state index contributed by atoms with van der Waals surface area (Å²) in [5.74, 6) is -9.80. The lowest BCUT2D eigenvalue weighted by Crippen LogP contribution is -2.31. The standard InChI is InChI=1S/C31H31O18P/c1-41-24(32)12-27(35)44-17-46-30(38)14-29(37)45-16-43-26(34)11-19(31(39)48-18-47-28(36)13-25(33)42-2)15-50(40)23-10-6-4-8-21(23)20-7-3-5-9-22(20)49-50/h3-10,19H,11-18H2,1-2H3. The van der Waals surface area contributed by atoms with E-state index in [1.54, 1.807) is 48.5 Å². The maximum absolute atomic E-state index is 14.4. The zero-order valence-electron chi connectivity index (χ0n) is 26.6. The Bertz CT molecular complexity index is 1670. The molecule has 0 radical (unpaired) electrons. The van der Waals surface area contributed by atoms with E-state index in [-0.39, 0.29) is 11.1 Å². The number of carbonyl (C=O) groups excluding carboxylic acids is 8. The lowest BCUT2D eigenvalue weighted by Gasteiger charge is -2.30. The predicted molar refractivity (Wildman–Crippen MR) is 162 cm³/mol. The number of esters is 8. The van der Waals surface area contributed by atoms with E-state index in [1.165, 1.54) is 0 Å². The highest BCUT2D eigenvalue weighted by Gasteiger charge is 2.41. The summed E-state index contributed by atoms with van der Waals surface area (Å²) in [6, 6.07) is 13.4. The Morgan fingerprint density at radius 3 is 1.56 bits per heavy atom. The van der Waals surface area contributed by atoms with E-state index in [9.17, 15) is 42.9 Å². The second kappa shape index (κ2) is 18.7. The van der Waals surface area contributed by atoms with Crippen LogP contribution in [0, 0.1) is 5.92 Å². The van der Waals surface area contributed by atoms with Gasteiger partial charge in [-0.2, -0.15) is 0 Å². The van der Waals surface area contributed by atoms with Gasteiger partial charge in [0.15, 0.2) is 0 Å². The summed E-state index contributed by atoms with van der Waals surface area (Å²) in [5, 5.41) is 0.272. The number of ether oxygens (including phenoxy) is 8. The van der Waals surface area contributed by atoms with Gasteiger partial charge in [0.2, 0.25) is 20.4 Å². The van der Waals surface area contributed by atoms with Crippen molar-refractivity contribution in [1.29, 1.82) is 0 Å². The minimum atomic E-state index is -3.93. The lowest BCUT2D eigenvalue weighted by atomic mass is 10.0. The quantitative estimate of drug-likeness (QED) is 0.0735. The summed E-state index contributed by atoms with van der Waals surface area (Å²) in [6.07, 6.45) is -3.81. The van der Waals surface area contributed by atoms with Crippen LogP contribution >= 0.6 is 7.37 Å². The number of hydrogen-bond acceptors (Lipinski definition) is 18. The fraction of sp³-hybridized carbons (Fsp3) is 0.355. The van der Waals surface area contributed by atoms with Gasteiger partial charge in [-0.3, -0.25) is 42.9 Å². The molecular formula is C31H31O18P. The van der Waals surface area contributed by atoms with Crippen LogP contribution in [0.25, 0.3) is 11.1 Å². The first-order valence-electron chi connectivity index (χ1n) is 14.4. The fourth-order valence-electron chi connectivity index (χ4n) is 4.18. The van der Waals surface area contributed by atoms with Crippen LogP contribution < -0.4 is 9.83 Å². The maximum Gasteiger partial charge on any atom is 0.320 e. The van der Waals surface area contributed by atoms with Crippen LogP contribution in [0.5, 0.6) is 5.75 Å². The van der Waals surface area contributed by atoms with Crippen LogP contribution in [-0.4, -0.2) is 88.5 Å². The van der Waals surface area contributed by atoms with Crippen LogP contribution in [0.15, 0.2) is 48.5 Å². The Hall–Kier alpha value is -5.77. The molecule has 1 aliphatic rings. The largest absolute Gasteiger partial charge is 0.469 e. The molecule has 2 aromatic carbocycles. The molecule has 2 aromatic rings. The van der Waals surface area contributed by atoms with E-state index in [1.807, 2.05) is 0 Å². The molecule has 0 aliphatic carbocycles. The predicted octanol–water partition coefficient (Wildman–Crippen LogP) is 1.30. The van der Waals surface area contributed by atoms with Gasteiger partial charge in [0, 0.05) is 5.56 Å². The second-order valence-electron chi connectivity index (χ2n) is 9.94. The van der Waals surface area contributed by atoms with E-state index < -0.39 is 113 Å². The molecule has 2 atom stereocenters. The Morgan fingerprint density at radius 2 is 1.02 bits per heavy atom. The molecule has 2 unspecified atom stereocenters. The minimum absolute atomic E-state index is 0.269. The zero-order chi connectivity index (χ0) is 36.7. The topological polar surface area (TPSA) is 237 Å². The number of carbonyl (C=O) groups is 8. The summed E-state index contributed by atoms with van der Waals surface area (Å²) >= 11 is 0. The average molecular weight is 723 g/mol. The van der Waals surface area contributed by atoms with Crippen molar-refractivity contribution in [1.82, 2.24) is 0 Å². The van der Waals surface area contributed by atoms with Crippen molar-refractivity contribution in [2.45, 2.75) is 25.7 Å². The smallest absolute Gasteiger partial charge is 0.320 e. The second-order valence-corrected chi connectivity index (χ2v) is 12.3. The number of hydrogen-bond donors (Lipinski definition) is 0. The van der Waals surface area contributed by atoms with Crippen molar-refractivity contribution in [2.24, 2.45) is 5.92 Å². The van der Waals surface area contributed by atoms with Crippen LogP contribution in [0.3, 0.4) is 0 Å². The SMILES string of the molecule is COC(=O)CC(=O)OCOC(=O)CC(=O)OCOC(=O)CC(CP1(=O)Oc2ccccc2-c2ccccc21)C(=O)OCOC(=O)CC(=O)OC. The van der Waals surface area contributed by atoms with Gasteiger partial charge in [-0.1, -0.05) is 36.4 Å². The molecule has 0 aromatic heterocycles. The van der Waals surface area contributed by atoms with Crippen LogP contribution in [0.4, 0.5) is 0 Å². The summed E-state index contributed by atoms with van der Waals surface area (Å²) in [7, 11) is -1.82. The first kappa shape index (κ1) is 38.7. The third kappa shape index (κ3) is 11.7. The number of rotatable bonds is 17. The van der Waals surface area contributed by atoms with E-state index in [2.05, 4.69) is 23.7 Å². The highest BCUT2D eigenvalue weighted by atomic mass is 31.2. The van der Waals surface area contributed by atoms with Crippen molar-refractivity contribution in [3.05, 3.63) is 48.5 Å². The molecule has 18 nitrogen and oxygen atoms in total. The van der Waals surface area contributed by atoms with Crippen molar-refractivity contribution in [2.75, 3.05) is 40.8 Å². The van der Waals surface area contributed by atoms with Gasteiger partial charge in [0.1, 0.15) is 25.0 Å². The van der Waals surface area contributed by atoms with Gasteiger partial charge in [-0.25, -0.2) is 0 Å². The van der Waals surface area contributed by atoms with Crippen LogP contribution in [-0.2, 0) is 80.8 Å². The van der Waals surface area contributed by atoms with Crippen LogP contribution in [0.2, 0.25) is 0 Å². The highest BCUT2D eigenvalue weighted by molar-refractivity contribution is 7.67. The van der Waals surface area contributed by atoms with E-state index >= 15 is 0 Å². The lowest BCUT2D eigenvalue weighted by molar-refractivity contribution is -0.178. The Morgan fingerprint density at radius 1 is 0.580 bits per heavy atom. The van der Waals surface area contributed by atoms with Crippen molar-refractivity contribution in [3.63, 3.8) is 0 Å². The van der Waals surface area contributed by atoms with Crippen molar-refractivity contribution >= 4 is 60.4 Å². The molecule has 19 heteroatoms. The van der Waals surface area contributed by atoms with E-state index in [0.717, 1.165) is 14.2 Å². The summed E-state index contributed by atoms with van der Waals surface area (Å²) < 4.78 is 57.1. The third-order valence-corrected chi connectivity index (χ3v) is 9.06. The molecule has 0 bridgehead atoms. The molecule has 0 saturated heterocycles. The summed E-state index contributed by atoms with van der Waals surface area (Å²) in [4.78, 5) is 95.0. The summed E-state index contributed by atoms with van der Waals surface area (Å²) in [5.41, 5.74) is 1.23. The minimum Gasteiger partial charge on any atom is -0.469 e. The van der Waals surface area contributed by atoms with Gasteiger partial charge in [0.25, 0.3) is 7.37 Å². The first-order chi connectivity index (χ1) is 23.8. The molecule has 3 rings (SSSR count). The van der Waals surface area contributed by atoms with Gasteiger partial charge >= 0.3 is 47.8 Å². The number of benzene rings is 2. The molecule has 268 valence electrons. The average Bonchev–Trinajstić information content (AvgIpc) is 3.07. The number of fused-ring (bicyclic) bond motifs is 3. The van der Waals surface area contributed by atoms with Crippen LogP contribution in [0.1, 0.15) is 25.7 Å². The molecular weight excluding hydrogens is 691 g/mol.